The summed E-state index contributed by atoms with van der Waals surface area (Å²) in [6, 6.07) is 6.08. The zero-order valence-corrected chi connectivity index (χ0v) is 9.46. The Morgan fingerprint density at radius 2 is 2.31 bits per heavy atom. The third-order valence-electron chi connectivity index (χ3n) is 2.15. The lowest BCUT2D eigenvalue weighted by atomic mass is 10.2. The van der Waals surface area contributed by atoms with Gasteiger partial charge in [-0.15, -0.1) is 0 Å². The Hall–Kier alpha value is -1.60. The highest BCUT2D eigenvalue weighted by molar-refractivity contribution is 5.32. The van der Waals surface area contributed by atoms with Gasteiger partial charge in [0.15, 0.2) is 0 Å². The first-order valence-electron chi connectivity index (χ1n) is 5.19. The van der Waals surface area contributed by atoms with Gasteiger partial charge in [0.2, 0.25) is 0 Å². The molecule has 0 spiro atoms. The maximum absolute atomic E-state index is 12.8. The minimum Gasteiger partial charge on any atom is -0.491 e. The monoisotopic (exact) mass is 222 g/mol. The summed E-state index contributed by atoms with van der Waals surface area (Å²) in [6.45, 7) is 4.67. The molecule has 0 bridgehead atoms. The Balaban J connectivity index is 2.57. The van der Waals surface area contributed by atoms with Gasteiger partial charge in [-0.25, -0.2) is 4.39 Å². The predicted molar refractivity (Wildman–Crippen MR) is 59.7 cm³/mol. The quantitative estimate of drug-likeness (QED) is 0.829. The summed E-state index contributed by atoms with van der Waals surface area (Å²) < 4.78 is 18.3. The van der Waals surface area contributed by atoms with E-state index in [1.54, 1.807) is 13.0 Å². The van der Waals surface area contributed by atoms with E-state index in [1.807, 2.05) is 6.92 Å². The molecule has 1 aromatic carbocycles. The molecule has 16 heavy (non-hydrogen) atoms. The van der Waals surface area contributed by atoms with Gasteiger partial charge < -0.3 is 4.74 Å². The van der Waals surface area contributed by atoms with Gasteiger partial charge in [-0.1, -0.05) is 6.92 Å². The molecule has 0 aliphatic rings. The molecule has 4 heteroatoms. The maximum atomic E-state index is 12.8. The van der Waals surface area contributed by atoms with Crippen LogP contribution in [0.4, 0.5) is 4.39 Å². The Labute approximate surface area is 94.8 Å². The van der Waals surface area contributed by atoms with Crippen LogP contribution in [0.15, 0.2) is 18.2 Å². The molecule has 0 aromatic heterocycles. The molecule has 0 aliphatic carbocycles. The highest BCUT2D eigenvalue weighted by Gasteiger charge is 2.07. The van der Waals surface area contributed by atoms with Crippen molar-refractivity contribution in [3.63, 3.8) is 0 Å². The van der Waals surface area contributed by atoms with Crippen molar-refractivity contribution in [1.82, 2.24) is 5.32 Å². The largest absolute Gasteiger partial charge is 0.491 e. The van der Waals surface area contributed by atoms with Crippen LogP contribution in [-0.4, -0.2) is 19.2 Å². The second-order valence-electron chi connectivity index (χ2n) is 3.46. The van der Waals surface area contributed by atoms with Crippen LogP contribution in [0.3, 0.4) is 0 Å². The van der Waals surface area contributed by atoms with E-state index in [4.69, 9.17) is 10.00 Å². The third-order valence-corrected chi connectivity index (χ3v) is 2.15. The van der Waals surface area contributed by atoms with E-state index in [-0.39, 0.29) is 18.5 Å². The molecular weight excluding hydrogens is 207 g/mol. The molecule has 1 rings (SSSR count). The topological polar surface area (TPSA) is 45.0 Å². The zero-order chi connectivity index (χ0) is 12.0. The molecule has 0 amide bonds. The number of likely N-dealkylation sites (N-methyl/N-ethyl adjacent to an activating group) is 1. The van der Waals surface area contributed by atoms with E-state index in [9.17, 15) is 4.39 Å². The second kappa shape index (κ2) is 6.09. The predicted octanol–water partition coefficient (Wildman–Crippen LogP) is 2.01. The number of benzene rings is 1. The Morgan fingerprint density at radius 3 is 2.88 bits per heavy atom. The number of aryl methyl sites for hydroxylation is 1. The molecule has 0 radical (unpaired) electrons. The van der Waals surface area contributed by atoms with Gasteiger partial charge in [0.05, 0.1) is 6.07 Å². The van der Waals surface area contributed by atoms with E-state index in [1.165, 1.54) is 12.1 Å². The van der Waals surface area contributed by atoms with E-state index in [2.05, 4.69) is 11.4 Å². The first kappa shape index (κ1) is 12.5. The first-order chi connectivity index (χ1) is 7.67. The van der Waals surface area contributed by atoms with E-state index >= 15 is 0 Å². The number of nitriles is 1. The molecule has 1 unspecified atom stereocenters. The molecule has 1 aromatic rings. The standard InChI is InChI=1S/C12H15FN2O/c1-3-15-11(7-14)8-16-12-5-4-10(13)6-9(12)2/h4-6,11,15H,3,8H2,1-2H3. The number of rotatable bonds is 5. The van der Waals surface area contributed by atoms with Crippen LogP contribution in [0.1, 0.15) is 12.5 Å². The highest BCUT2D eigenvalue weighted by Crippen LogP contribution is 2.18. The van der Waals surface area contributed by atoms with Gasteiger partial charge in [0, 0.05) is 0 Å². The minimum atomic E-state index is -0.338. The molecule has 86 valence electrons. The second-order valence-corrected chi connectivity index (χ2v) is 3.46. The van der Waals surface area contributed by atoms with Crippen molar-refractivity contribution in [2.75, 3.05) is 13.2 Å². The summed E-state index contributed by atoms with van der Waals surface area (Å²) in [4.78, 5) is 0. The SMILES string of the molecule is CCNC(C#N)COc1ccc(F)cc1C. The fraction of sp³-hybridized carbons (Fsp3) is 0.417. The summed E-state index contributed by atoms with van der Waals surface area (Å²) in [6.07, 6.45) is 0. The maximum Gasteiger partial charge on any atom is 0.130 e. The van der Waals surface area contributed by atoms with Gasteiger partial charge in [-0.3, -0.25) is 5.32 Å². The van der Waals surface area contributed by atoms with Crippen molar-refractivity contribution in [2.45, 2.75) is 19.9 Å². The van der Waals surface area contributed by atoms with Gasteiger partial charge >= 0.3 is 0 Å². The third kappa shape index (κ3) is 3.52. The lowest BCUT2D eigenvalue weighted by molar-refractivity contribution is 0.288. The summed E-state index contributed by atoms with van der Waals surface area (Å²) in [7, 11) is 0. The van der Waals surface area contributed by atoms with Crippen molar-refractivity contribution < 1.29 is 9.13 Å². The Bertz CT molecular complexity index is 387. The van der Waals surface area contributed by atoms with Crippen LogP contribution in [0.5, 0.6) is 5.75 Å². The smallest absolute Gasteiger partial charge is 0.130 e. The molecule has 0 aliphatic heterocycles. The van der Waals surface area contributed by atoms with Crippen LogP contribution in [0.2, 0.25) is 0 Å². The highest BCUT2D eigenvalue weighted by atomic mass is 19.1. The summed E-state index contributed by atoms with van der Waals surface area (Å²) in [5.74, 6) is 0.327. The number of nitrogens with zero attached hydrogens (tertiary/aromatic N) is 1. The number of nitrogens with one attached hydrogen (secondary N) is 1. The van der Waals surface area contributed by atoms with E-state index < -0.39 is 0 Å². The van der Waals surface area contributed by atoms with Crippen molar-refractivity contribution in [1.29, 1.82) is 5.26 Å². The fourth-order valence-electron chi connectivity index (χ4n) is 1.34. The van der Waals surface area contributed by atoms with Gasteiger partial charge in [0.25, 0.3) is 0 Å². The summed E-state index contributed by atoms with van der Waals surface area (Å²) >= 11 is 0. The Morgan fingerprint density at radius 1 is 1.56 bits per heavy atom. The normalized spacial score (nSPS) is 11.9. The number of ether oxygens (including phenoxy) is 1. The average Bonchev–Trinajstić information content (AvgIpc) is 2.26. The van der Waals surface area contributed by atoms with Crippen molar-refractivity contribution in [3.8, 4) is 11.8 Å². The van der Waals surface area contributed by atoms with Gasteiger partial charge in [-0.05, 0) is 37.2 Å². The van der Waals surface area contributed by atoms with Crippen molar-refractivity contribution in [3.05, 3.63) is 29.6 Å². The van der Waals surface area contributed by atoms with Gasteiger partial charge in [-0.2, -0.15) is 5.26 Å². The summed E-state index contributed by atoms with van der Waals surface area (Å²) in [5.41, 5.74) is 0.730. The lowest BCUT2D eigenvalue weighted by Gasteiger charge is -2.13. The molecule has 0 saturated heterocycles. The molecular formula is C12H15FN2O. The van der Waals surface area contributed by atoms with Crippen LogP contribution in [0.25, 0.3) is 0 Å². The molecule has 0 saturated carbocycles. The van der Waals surface area contributed by atoms with Crippen LogP contribution < -0.4 is 10.1 Å². The van der Waals surface area contributed by atoms with E-state index in [0.717, 1.165) is 5.56 Å². The first-order valence-corrected chi connectivity index (χ1v) is 5.19. The molecule has 0 heterocycles. The van der Waals surface area contributed by atoms with Gasteiger partial charge in [0.1, 0.15) is 24.2 Å². The Kier molecular flexibility index (Phi) is 4.74. The van der Waals surface area contributed by atoms with Crippen molar-refractivity contribution >= 4 is 0 Å². The zero-order valence-electron chi connectivity index (χ0n) is 9.46. The average molecular weight is 222 g/mol. The van der Waals surface area contributed by atoms with E-state index in [0.29, 0.717) is 12.3 Å². The minimum absolute atomic E-state index is 0.261. The molecule has 3 nitrogen and oxygen atoms in total. The van der Waals surface area contributed by atoms with Crippen LogP contribution in [0, 0.1) is 24.1 Å². The molecule has 1 N–H and O–H groups in total. The number of hydrogen-bond donors (Lipinski definition) is 1. The molecule has 1 atom stereocenters. The molecule has 0 fully saturated rings. The van der Waals surface area contributed by atoms with Crippen molar-refractivity contribution in [2.24, 2.45) is 0 Å². The van der Waals surface area contributed by atoms with Crippen LogP contribution in [-0.2, 0) is 0 Å². The number of hydrogen-bond acceptors (Lipinski definition) is 3. The lowest BCUT2D eigenvalue weighted by Crippen LogP contribution is -2.33. The van der Waals surface area contributed by atoms with Crippen LogP contribution >= 0.6 is 0 Å². The summed E-state index contributed by atoms with van der Waals surface area (Å²) in [5, 5.41) is 11.8. The number of halogens is 1. The fourth-order valence-corrected chi connectivity index (χ4v) is 1.34.